The van der Waals surface area contributed by atoms with Gasteiger partial charge in [-0.25, -0.2) is 31.3 Å². The topological polar surface area (TPSA) is 22.1 Å². The molecule has 0 spiro atoms. The van der Waals surface area contributed by atoms with Gasteiger partial charge in [-0.05, 0) is 59.5 Å². The lowest BCUT2D eigenvalue weighted by Crippen LogP contribution is -2.25. The second-order valence-corrected chi connectivity index (χ2v) is 10.9. The molecule has 222 valence electrons. The summed E-state index contributed by atoms with van der Waals surface area (Å²) in [5.41, 5.74) is 1.43. The quantitative estimate of drug-likeness (QED) is 0.135. The monoisotopic (exact) mass is 627 g/mol. The number of halogens is 8. The van der Waals surface area contributed by atoms with Crippen molar-refractivity contribution in [3.63, 3.8) is 0 Å². The summed E-state index contributed by atoms with van der Waals surface area (Å²) in [4.78, 5) is 4.65. The molecular weight excluding hydrogens is 610 g/mol. The van der Waals surface area contributed by atoms with Crippen molar-refractivity contribution in [2.24, 2.45) is 0 Å². The first-order chi connectivity index (χ1) is 20.9. The number of aryl methyl sites for hydroxylation is 1. The lowest BCUT2D eigenvalue weighted by atomic mass is 9.97. The fourth-order valence-electron chi connectivity index (χ4n) is 4.69. The second kappa shape index (κ2) is 11.1. The van der Waals surface area contributed by atoms with Crippen molar-refractivity contribution in [2.45, 2.75) is 13.0 Å². The molecule has 6 rings (SSSR count). The number of alkyl halides is 2. The first kappa shape index (κ1) is 29.3. The van der Waals surface area contributed by atoms with E-state index in [1.807, 2.05) is 31.2 Å². The molecule has 0 fully saturated rings. The van der Waals surface area contributed by atoms with Gasteiger partial charge in [-0.3, -0.25) is 0 Å². The van der Waals surface area contributed by atoms with E-state index in [4.69, 9.17) is 0 Å². The fourth-order valence-corrected chi connectivity index (χ4v) is 5.76. The van der Waals surface area contributed by atoms with Gasteiger partial charge in [0.05, 0.1) is 10.2 Å². The zero-order valence-electron chi connectivity index (χ0n) is 22.4. The zero-order chi connectivity index (χ0) is 31.3. The van der Waals surface area contributed by atoms with Gasteiger partial charge < -0.3 is 4.74 Å². The molecule has 0 aliphatic carbocycles. The Morgan fingerprint density at radius 3 is 1.84 bits per heavy atom. The van der Waals surface area contributed by atoms with Gasteiger partial charge in [-0.1, -0.05) is 42.5 Å². The van der Waals surface area contributed by atoms with Crippen molar-refractivity contribution in [3.8, 4) is 38.6 Å². The Balaban J connectivity index is 1.25. The highest BCUT2D eigenvalue weighted by Gasteiger charge is 2.41. The van der Waals surface area contributed by atoms with E-state index in [1.54, 1.807) is 23.5 Å². The minimum Gasteiger partial charge on any atom is -0.429 e. The molecule has 0 N–H and O–H groups in total. The molecule has 44 heavy (non-hydrogen) atoms. The summed E-state index contributed by atoms with van der Waals surface area (Å²) in [6, 6.07) is 18.3. The summed E-state index contributed by atoms with van der Waals surface area (Å²) in [6.07, 6.45) is -4.76. The molecule has 5 aromatic carbocycles. The van der Waals surface area contributed by atoms with Gasteiger partial charge in [0, 0.05) is 23.3 Å². The van der Waals surface area contributed by atoms with Crippen LogP contribution in [0.1, 0.15) is 11.1 Å². The number of nitrogens with zero attached hydrogens (tertiary/aromatic N) is 1. The van der Waals surface area contributed by atoms with Crippen molar-refractivity contribution in [1.29, 1.82) is 0 Å². The molecule has 0 atom stereocenters. The molecule has 0 unspecified atom stereocenters. The van der Waals surface area contributed by atoms with Gasteiger partial charge in [0.2, 0.25) is 0 Å². The summed E-state index contributed by atoms with van der Waals surface area (Å²) in [5, 5.41) is 0.819. The maximum atomic E-state index is 15.2. The van der Waals surface area contributed by atoms with E-state index in [9.17, 15) is 30.7 Å². The number of benzene rings is 5. The normalized spacial score (nSPS) is 11.8. The number of hydrogen-bond acceptors (Lipinski definition) is 3. The molecule has 0 aliphatic heterocycles. The number of aromatic nitrogens is 1. The number of ether oxygens (including phenoxy) is 1. The number of thiazole rings is 1. The summed E-state index contributed by atoms with van der Waals surface area (Å²) in [7, 11) is 0. The standard InChI is InChI=1S/C33H17F8NOS/c1-16-2-9-28-29(10-16)44-32(42-28)18-5-3-17(4-6-18)19-7-8-22(23(34)11-19)20-12-24(35)30(25(36)13-20)33(40,41)43-21-14-26(37)31(39)27(38)15-21/h2-15H,1H3. The Kier molecular flexibility index (Phi) is 7.36. The van der Waals surface area contributed by atoms with Crippen LogP contribution in [0, 0.1) is 41.8 Å². The van der Waals surface area contributed by atoms with E-state index >= 15 is 4.39 Å². The number of hydrogen-bond donors (Lipinski definition) is 0. The van der Waals surface area contributed by atoms with Gasteiger partial charge >= 0.3 is 6.11 Å². The molecule has 0 bridgehead atoms. The van der Waals surface area contributed by atoms with Crippen molar-refractivity contribution >= 4 is 21.6 Å². The Morgan fingerprint density at radius 2 is 1.20 bits per heavy atom. The molecule has 0 amide bonds. The van der Waals surface area contributed by atoms with Crippen LogP contribution < -0.4 is 4.74 Å². The highest BCUT2D eigenvalue weighted by Crippen LogP contribution is 2.39. The van der Waals surface area contributed by atoms with Crippen LogP contribution in [-0.4, -0.2) is 4.98 Å². The van der Waals surface area contributed by atoms with E-state index < -0.39 is 52.3 Å². The smallest absolute Gasteiger partial charge is 0.429 e. The zero-order valence-corrected chi connectivity index (χ0v) is 23.2. The largest absolute Gasteiger partial charge is 0.432 e. The van der Waals surface area contributed by atoms with Crippen molar-refractivity contribution in [2.75, 3.05) is 0 Å². The van der Waals surface area contributed by atoms with Crippen LogP contribution in [0.15, 0.2) is 84.9 Å². The highest BCUT2D eigenvalue weighted by molar-refractivity contribution is 7.21. The molecule has 11 heteroatoms. The van der Waals surface area contributed by atoms with E-state index in [0.29, 0.717) is 23.3 Å². The predicted molar refractivity (Wildman–Crippen MR) is 151 cm³/mol. The van der Waals surface area contributed by atoms with Gasteiger partial charge in [-0.2, -0.15) is 8.78 Å². The van der Waals surface area contributed by atoms with Gasteiger partial charge in [0.1, 0.15) is 33.8 Å². The van der Waals surface area contributed by atoms with Crippen LogP contribution in [0.3, 0.4) is 0 Å². The summed E-state index contributed by atoms with van der Waals surface area (Å²) in [6.45, 7) is 2.00. The van der Waals surface area contributed by atoms with Crippen molar-refractivity contribution in [1.82, 2.24) is 4.98 Å². The Hall–Kier alpha value is -4.77. The van der Waals surface area contributed by atoms with Crippen molar-refractivity contribution < 1.29 is 39.9 Å². The Morgan fingerprint density at radius 1 is 0.614 bits per heavy atom. The Bertz CT molecular complexity index is 2010. The maximum absolute atomic E-state index is 15.2. The summed E-state index contributed by atoms with van der Waals surface area (Å²) in [5.74, 6) is -11.3. The number of rotatable bonds is 6. The highest BCUT2D eigenvalue weighted by atomic mass is 32.1. The molecule has 6 aromatic rings. The number of fused-ring (bicyclic) bond motifs is 1. The lowest BCUT2D eigenvalue weighted by molar-refractivity contribution is -0.189. The van der Waals surface area contributed by atoms with Crippen molar-refractivity contribution in [3.05, 3.63) is 131 Å². The molecule has 0 saturated heterocycles. The van der Waals surface area contributed by atoms with E-state index in [-0.39, 0.29) is 23.3 Å². The fraction of sp³-hybridized carbons (Fsp3) is 0.0606. The summed E-state index contributed by atoms with van der Waals surface area (Å²) >= 11 is 1.54. The van der Waals surface area contributed by atoms with E-state index in [0.717, 1.165) is 32.4 Å². The van der Waals surface area contributed by atoms with E-state index in [1.165, 1.54) is 12.1 Å². The third-order valence-corrected chi connectivity index (χ3v) is 7.89. The summed E-state index contributed by atoms with van der Waals surface area (Å²) < 4.78 is 119. The Labute approximate surface area is 248 Å². The van der Waals surface area contributed by atoms with Crippen LogP contribution in [0.5, 0.6) is 5.75 Å². The first-order valence-corrected chi connectivity index (χ1v) is 13.7. The molecular formula is C33H17F8NOS. The predicted octanol–water partition coefficient (Wildman–Crippen LogP) is 10.6. The van der Waals surface area contributed by atoms with Crippen LogP contribution in [-0.2, 0) is 6.11 Å². The average Bonchev–Trinajstić information content (AvgIpc) is 3.38. The second-order valence-electron chi connectivity index (χ2n) is 9.90. The van der Waals surface area contributed by atoms with Gasteiger partial charge in [-0.15, -0.1) is 11.3 Å². The van der Waals surface area contributed by atoms with Gasteiger partial charge in [0.25, 0.3) is 0 Å². The molecule has 2 nitrogen and oxygen atoms in total. The molecule has 0 aliphatic rings. The molecule has 0 saturated carbocycles. The SMILES string of the molecule is Cc1ccc2nc(-c3ccc(-c4ccc(-c5cc(F)c(C(F)(F)Oc6cc(F)c(F)c(F)c6)c(F)c5)c(F)c4)cc3)sc2c1. The molecule has 1 aromatic heterocycles. The van der Waals surface area contributed by atoms with Crippen LogP contribution in [0.2, 0.25) is 0 Å². The van der Waals surface area contributed by atoms with Gasteiger partial charge in [0.15, 0.2) is 17.5 Å². The third-order valence-electron chi connectivity index (χ3n) is 6.83. The lowest BCUT2D eigenvalue weighted by Gasteiger charge is -2.20. The van der Waals surface area contributed by atoms with Crippen LogP contribution in [0.25, 0.3) is 43.0 Å². The minimum atomic E-state index is -4.76. The molecule has 0 radical (unpaired) electrons. The average molecular weight is 628 g/mol. The third kappa shape index (κ3) is 5.50. The van der Waals surface area contributed by atoms with Crippen LogP contribution >= 0.6 is 11.3 Å². The van der Waals surface area contributed by atoms with E-state index in [2.05, 4.69) is 15.8 Å². The maximum Gasteiger partial charge on any atom is 0.432 e. The van der Waals surface area contributed by atoms with Crippen LogP contribution in [0.4, 0.5) is 35.1 Å². The first-order valence-electron chi connectivity index (χ1n) is 12.9. The molecule has 1 heterocycles. The minimum absolute atomic E-state index is 0.0999.